The highest BCUT2D eigenvalue weighted by Crippen LogP contribution is 2.72. The highest BCUT2D eigenvalue weighted by atomic mass is 35.5. The first-order chi connectivity index (χ1) is 14.6. The molecule has 1 saturated heterocycles. The predicted molar refractivity (Wildman–Crippen MR) is 118 cm³/mol. The molecule has 1 aromatic rings. The van der Waals surface area contributed by atoms with Crippen LogP contribution in [0.1, 0.15) is 38.5 Å². The van der Waals surface area contributed by atoms with Gasteiger partial charge in [-0.15, -0.1) is 0 Å². The number of allylic oxidation sites excluding steroid dienone is 2. The maximum Gasteiger partial charge on any atom is 0.230 e. The van der Waals surface area contributed by atoms with Crippen LogP contribution in [0.2, 0.25) is 4.34 Å². The number of halogens is 1. The number of nitrogens with zero attached hydrogens (tertiary/aromatic N) is 2. The van der Waals surface area contributed by atoms with E-state index >= 15 is 0 Å². The Morgan fingerprint density at radius 1 is 1.13 bits per heavy atom. The zero-order valence-corrected chi connectivity index (χ0v) is 18.7. The molecule has 3 aliphatic carbocycles. The highest BCUT2D eigenvalue weighted by molar-refractivity contribution is 7.19. The molecular weight excluding hydrogens is 420 g/mol. The van der Waals surface area contributed by atoms with Crippen molar-refractivity contribution in [2.75, 3.05) is 31.5 Å². The van der Waals surface area contributed by atoms with E-state index in [2.05, 4.69) is 32.7 Å². The second kappa shape index (κ2) is 8.24. The van der Waals surface area contributed by atoms with E-state index in [4.69, 9.17) is 11.6 Å². The lowest BCUT2D eigenvalue weighted by molar-refractivity contribution is -0.132. The Morgan fingerprint density at radius 3 is 2.47 bits per heavy atom. The van der Waals surface area contributed by atoms with Gasteiger partial charge in [0.05, 0.1) is 18.0 Å². The number of unbranched alkanes of at least 4 members (excludes halogenated alkanes) is 1. The quantitative estimate of drug-likeness (QED) is 0.471. The summed E-state index contributed by atoms with van der Waals surface area (Å²) in [5.41, 5.74) is 0.139. The van der Waals surface area contributed by atoms with Crippen LogP contribution in [0.3, 0.4) is 0 Å². The van der Waals surface area contributed by atoms with E-state index in [1.165, 1.54) is 43.5 Å². The van der Waals surface area contributed by atoms with Crippen molar-refractivity contribution in [1.82, 2.24) is 15.2 Å². The molecule has 2 N–H and O–H groups in total. The van der Waals surface area contributed by atoms with Crippen LogP contribution in [0, 0.1) is 29.1 Å². The summed E-state index contributed by atoms with van der Waals surface area (Å²) in [5.74, 6) is -0.326. The number of carbonyl (C=O) groups excluding carboxylic acids is 2. The smallest absolute Gasteiger partial charge is 0.230 e. The third-order valence-corrected chi connectivity index (χ3v) is 8.58. The van der Waals surface area contributed by atoms with Crippen LogP contribution in [0.15, 0.2) is 18.3 Å². The largest absolute Gasteiger partial charge is 0.356 e. The minimum absolute atomic E-state index is 0.0385. The monoisotopic (exact) mass is 448 g/mol. The van der Waals surface area contributed by atoms with Crippen LogP contribution in [0.5, 0.6) is 0 Å². The minimum Gasteiger partial charge on any atom is -0.356 e. The van der Waals surface area contributed by atoms with E-state index in [1.807, 2.05) is 0 Å². The zero-order chi connectivity index (χ0) is 20.7. The van der Waals surface area contributed by atoms with Gasteiger partial charge in [0.1, 0.15) is 4.34 Å². The van der Waals surface area contributed by atoms with Gasteiger partial charge in [-0.2, -0.15) is 0 Å². The summed E-state index contributed by atoms with van der Waals surface area (Å²) in [7, 11) is 0. The molecule has 6 nitrogen and oxygen atoms in total. The molecule has 8 heteroatoms. The molecule has 162 valence electrons. The average molecular weight is 449 g/mol. The number of likely N-dealkylation sites (tertiary alicyclic amines) is 1. The van der Waals surface area contributed by atoms with Gasteiger partial charge in [0.25, 0.3) is 0 Å². The van der Waals surface area contributed by atoms with Crippen LogP contribution in [-0.4, -0.2) is 47.9 Å². The first-order valence-corrected chi connectivity index (χ1v) is 12.4. The summed E-state index contributed by atoms with van der Waals surface area (Å²) in [4.78, 5) is 33.0. The molecule has 30 heavy (non-hydrogen) atoms. The average Bonchev–Trinajstić information content (AvgIpc) is 3.02. The molecule has 1 aromatic heterocycles. The van der Waals surface area contributed by atoms with E-state index < -0.39 is 0 Å². The summed E-state index contributed by atoms with van der Waals surface area (Å²) in [6.45, 7) is 4.24. The number of thiazole rings is 1. The van der Waals surface area contributed by atoms with E-state index in [0.717, 1.165) is 32.2 Å². The summed E-state index contributed by atoms with van der Waals surface area (Å²) >= 11 is 7.20. The Hall–Kier alpha value is -1.44. The first kappa shape index (κ1) is 20.5. The molecule has 2 saturated carbocycles. The lowest BCUT2D eigenvalue weighted by Crippen LogP contribution is -2.42. The minimum atomic E-state index is -0.324. The Balaban J connectivity index is 1.20. The molecule has 3 fully saturated rings. The van der Waals surface area contributed by atoms with Gasteiger partial charge in [-0.25, -0.2) is 4.98 Å². The van der Waals surface area contributed by atoms with Crippen LogP contribution < -0.4 is 10.6 Å². The van der Waals surface area contributed by atoms with Crippen molar-refractivity contribution < 1.29 is 9.59 Å². The normalized spacial score (nSPS) is 30.8. The number of nitrogens with one attached hydrogen (secondary N) is 2. The van der Waals surface area contributed by atoms with Crippen LogP contribution in [-0.2, 0) is 9.59 Å². The van der Waals surface area contributed by atoms with Crippen molar-refractivity contribution in [2.24, 2.45) is 29.1 Å². The molecule has 0 aromatic carbocycles. The number of rotatable bonds is 8. The summed E-state index contributed by atoms with van der Waals surface area (Å²) < 4.78 is 0.542. The summed E-state index contributed by atoms with van der Waals surface area (Å²) in [6.07, 6.45) is 12.9. The lowest BCUT2D eigenvalue weighted by Gasteiger charge is -2.26. The van der Waals surface area contributed by atoms with E-state index in [9.17, 15) is 9.59 Å². The summed E-state index contributed by atoms with van der Waals surface area (Å²) in [5, 5.41) is 6.56. The fraction of sp³-hybridized carbons (Fsp3) is 0.682. The highest BCUT2D eigenvalue weighted by Gasteiger charge is 2.69. The maximum atomic E-state index is 13.2. The molecule has 2 amide bonds. The van der Waals surface area contributed by atoms with Crippen molar-refractivity contribution in [3.8, 4) is 0 Å². The number of hydrogen-bond acceptors (Lipinski definition) is 5. The van der Waals surface area contributed by atoms with Gasteiger partial charge < -0.3 is 15.5 Å². The van der Waals surface area contributed by atoms with E-state index in [-0.39, 0.29) is 40.9 Å². The Bertz CT molecular complexity index is 846. The lowest BCUT2D eigenvalue weighted by atomic mass is 9.81. The number of hydrogen-bond donors (Lipinski definition) is 2. The van der Waals surface area contributed by atoms with Crippen LogP contribution in [0.4, 0.5) is 5.13 Å². The molecule has 0 radical (unpaired) electrons. The third kappa shape index (κ3) is 3.69. The number of aromatic nitrogens is 1. The fourth-order valence-corrected chi connectivity index (χ4v) is 6.82. The van der Waals surface area contributed by atoms with Crippen molar-refractivity contribution in [1.29, 1.82) is 0 Å². The third-order valence-electron chi connectivity index (χ3n) is 7.55. The standard InChI is InChI=1S/C22H29ClN4O2S/c23-16-13-25-21(30-16)26-20(29)18-15-6-5-14(22(15)7-8-22)17(18)19(28)24-9-1-2-10-27-11-3-4-12-27/h5-6,13-15,17-18H,1-4,7-12H2,(H,24,28)(H,25,26,29)/t14-,15-,17-,18-/m1/s1. The predicted octanol–water partition coefficient (Wildman–Crippen LogP) is 3.56. The molecule has 1 spiro atoms. The van der Waals surface area contributed by atoms with Crippen molar-refractivity contribution in [3.05, 3.63) is 22.7 Å². The maximum absolute atomic E-state index is 13.2. The van der Waals surface area contributed by atoms with Crippen molar-refractivity contribution in [2.45, 2.75) is 38.5 Å². The Kier molecular flexibility index (Phi) is 5.62. The fourth-order valence-electron chi connectivity index (χ4n) is 6.01. The second-order valence-corrected chi connectivity index (χ2v) is 10.9. The molecule has 2 heterocycles. The van der Waals surface area contributed by atoms with Gasteiger partial charge >= 0.3 is 0 Å². The molecule has 5 rings (SSSR count). The van der Waals surface area contributed by atoms with Gasteiger partial charge in [0.2, 0.25) is 11.8 Å². The number of carbonyl (C=O) groups is 2. The molecule has 1 aliphatic heterocycles. The van der Waals surface area contributed by atoms with Gasteiger partial charge in [0, 0.05) is 6.54 Å². The van der Waals surface area contributed by atoms with Gasteiger partial charge in [-0.3, -0.25) is 9.59 Å². The van der Waals surface area contributed by atoms with Crippen LogP contribution in [0.25, 0.3) is 0 Å². The van der Waals surface area contributed by atoms with E-state index in [0.29, 0.717) is 16.0 Å². The first-order valence-electron chi connectivity index (χ1n) is 11.2. The number of amides is 2. The molecular formula is C22H29ClN4O2S. The molecule has 4 atom stereocenters. The van der Waals surface area contributed by atoms with E-state index in [1.54, 1.807) is 0 Å². The Labute approximate surface area is 186 Å². The second-order valence-electron chi connectivity index (χ2n) is 9.23. The van der Waals surface area contributed by atoms with Gasteiger partial charge in [-0.05, 0) is 75.4 Å². The molecule has 0 unspecified atom stereocenters. The molecule has 2 bridgehead atoms. The zero-order valence-electron chi connectivity index (χ0n) is 17.1. The topological polar surface area (TPSA) is 74.3 Å². The van der Waals surface area contributed by atoms with Gasteiger partial charge in [-0.1, -0.05) is 35.1 Å². The van der Waals surface area contributed by atoms with Gasteiger partial charge in [0.15, 0.2) is 5.13 Å². The van der Waals surface area contributed by atoms with Crippen molar-refractivity contribution in [3.63, 3.8) is 0 Å². The van der Waals surface area contributed by atoms with Crippen LogP contribution >= 0.6 is 22.9 Å². The number of anilines is 1. The molecule has 4 aliphatic rings. The Morgan fingerprint density at radius 2 is 1.83 bits per heavy atom. The van der Waals surface area contributed by atoms with Crippen molar-refractivity contribution >= 4 is 39.9 Å². The summed E-state index contributed by atoms with van der Waals surface area (Å²) in [6, 6.07) is 0. The SMILES string of the molecule is O=C(NCCCCN1CCCC1)[C@H]1[C@H](C(=O)Nc2ncc(Cl)s2)[C@H]2C=C[C@H]1C21CC1.